The molecule has 2 aromatic heterocycles. The molecule has 1 atom stereocenters. The number of cyclic esters (lactones) is 1. The Morgan fingerprint density at radius 3 is 2.65 bits per heavy atom. The molecule has 6 heteroatoms. The number of para-hydroxylation sites is 1. The third-order valence-electron chi connectivity index (χ3n) is 5.72. The van der Waals surface area contributed by atoms with Crippen molar-refractivity contribution in [2.45, 2.75) is 66.4 Å². The van der Waals surface area contributed by atoms with Crippen molar-refractivity contribution in [2.24, 2.45) is 0 Å². The highest BCUT2D eigenvalue weighted by molar-refractivity contribution is 5.88. The fraction of sp³-hybridized carbons (Fsp3) is 0.400. The van der Waals surface area contributed by atoms with Crippen LogP contribution in [0.3, 0.4) is 0 Å². The van der Waals surface area contributed by atoms with E-state index in [4.69, 9.17) is 14.5 Å². The van der Waals surface area contributed by atoms with Crippen molar-refractivity contribution >= 4 is 16.9 Å². The summed E-state index contributed by atoms with van der Waals surface area (Å²) in [5.74, 6) is -0.450. The molecule has 3 aromatic rings. The van der Waals surface area contributed by atoms with Gasteiger partial charge >= 0.3 is 5.97 Å². The zero-order valence-electron chi connectivity index (χ0n) is 18.7. The number of esters is 1. The molecule has 0 saturated heterocycles. The maximum Gasteiger partial charge on any atom is 0.340 e. The third kappa shape index (κ3) is 3.35. The number of pyridine rings is 2. The lowest BCUT2D eigenvalue weighted by Gasteiger charge is -2.26. The lowest BCUT2D eigenvalue weighted by atomic mass is 9.97. The number of fused-ring (bicyclic) bond motifs is 5. The van der Waals surface area contributed by atoms with Crippen LogP contribution in [0.1, 0.15) is 63.0 Å². The van der Waals surface area contributed by atoms with E-state index in [9.17, 15) is 9.59 Å². The van der Waals surface area contributed by atoms with Gasteiger partial charge in [-0.05, 0) is 38.0 Å². The van der Waals surface area contributed by atoms with Crippen LogP contribution in [-0.2, 0) is 33.8 Å². The Morgan fingerprint density at radius 1 is 1.19 bits per heavy atom. The first-order valence-corrected chi connectivity index (χ1v) is 11.0. The summed E-state index contributed by atoms with van der Waals surface area (Å²) in [7, 11) is 0. The van der Waals surface area contributed by atoms with E-state index in [0.29, 0.717) is 17.7 Å². The fourth-order valence-corrected chi connectivity index (χ4v) is 4.45. The second-order valence-electron chi connectivity index (χ2n) is 7.82. The molecule has 1 aromatic carbocycles. The number of carbonyl (C=O) groups excluding carboxylic acids is 1. The molecule has 2 aliphatic heterocycles. The number of aryl methyl sites for hydroxylation is 1. The number of rotatable bonds is 3. The highest BCUT2D eigenvalue weighted by atomic mass is 16.6. The average Bonchev–Trinajstić information content (AvgIpc) is 3.14. The summed E-state index contributed by atoms with van der Waals surface area (Å²) in [4.78, 5) is 30.5. The van der Waals surface area contributed by atoms with Crippen LogP contribution in [0.2, 0.25) is 0 Å². The topological polar surface area (TPSA) is 70.4 Å². The predicted octanol–water partition coefficient (Wildman–Crippen LogP) is 4.54. The summed E-state index contributed by atoms with van der Waals surface area (Å²) in [6.07, 6.45) is -0.197. The summed E-state index contributed by atoms with van der Waals surface area (Å²) in [6.45, 7) is 10.3. The average molecular weight is 421 g/mol. The standard InChI is InChI=1S/C23H22N2O4.C2H6/c1-4-13-14-7-5-6-8-18(14)24-20-16(13)10-25-19(20)9-15-17(22(25)26)11-28-23(27)21(15)29-12(2)3;1-2/h5-9,12,21H,4,10-11H2,1-3H3;1-2H3. The van der Waals surface area contributed by atoms with Gasteiger partial charge < -0.3 is 14.0 Å². The van der Waals surface area contributed by atoms with E-state index >= 15 is 0 Å². The van der Waals surface area contributed by atoms with Gasteiger partial charge in [-0.25, -0.2) is 9.78 Å². The monoisotopic (exact) mass is 420 g/mol. The Morgan fingerprint density at radius 2 is 1.94 bits per heavy atom. The first-order chi connectivity index (χ1) is 15.0. The smallest absolute Gasteiger partial charge is 0.340 e. The molecule has 0 bridgehead atoms. The van der Waals surface area contributed by atoms with Gasteiger partial charge in [-0.15, -0.1) is 0 Å². The minimum absolute atomic E-state index is 0.0163. The normalized spacial score (nSPS) is 16.3. The first-order valence-electron chi connectivity index (χ1n) is 11.0. The van der Waals surface area contributed by atoms with Crippen molar-refractivity contribution in [1.82, 2.24) is 9.55 Å². The molecule has 6 nitrogen and oxygen atoms in total. The molecule has 0 saturated carbocycles. The SMILES string of the molecule is CC.CCc1c2c(nc3ccccc13)-c1cc3c(c(=O)n1C2)COC(=O)C3OC(C)C. The minimum Gasteiger partial charge on any atom is -0.458 e. The van der Waals surface area contributed by atoms with E-state index in [1.165, 1.54) is 5.56 Å². The molecule has 31 heavy (non-hydrogen) atoms. The molecule has 162 valence electrons. The molecule has 1 unspecified atom stereocenters. The first kappa shape index (κ1) is 21.2. The number of carbonyl (C=O) groups is 1. The molecule has 5 rings (SSSR count). The Bertz CT molecular complexity index is 1230. The zero-order valence-corrected chi connectivity index (χ0v) is 18.7. The van der Waals surface area contributed by atoms with Crippen LogP contribution in [0.25, 0.3) is 22.3 Å². The van der Waals surface area contributed by atoms with Gasteiger partial charge in [0.05, 0.1) is 35.1 Å². The molecule has 2 aliphatic rings. The Labute approximate surface area is 181 Å². The largest absolute Gasteiger partial charge is 0.458 e. The number of ether oxygens (including phenoxy) is 2. The zero-order chi connectivity index (χ0) is 22.3. The van der Waals surface area contributed by atoms with Gasteiger partial charge in [0.25, 0.3) is 5.56 Å². The number of hydrogen-bond donors (Lipinski definition) is 0. The van der Waals surface area contributed by atoms with E-state index in [-0.39, 0.29) is 18.3 Å². The summed E-state index contributed by atoms with van der Waals surface area (Å²) >= 11 is 0. The quantitative estimate of drug-likeness (QED) is 0.455. The van der Waals surface area contributed by atoms with Gasteiger partial charge in [-0.1, -0.05) is 39.0 Å². The molecule has 0 aliphatic carbocycles. The van der Waals surface area contributed by atoms with E-state index in [0.717, 1.165) is 34.3 Å². The van der Waals surface area contributed by atoms with Crippen molar-refractivity contribution in [1.29, 1.82) is 0 Å². The number of hydrogen-bond acceptors (Lipinski definition) is 5. The summed E-state index contributed by atoms with van der Waals surface area (Å²) < 4.78 is 12.8. The fourth-order valence-electron chi connectivity index (χ4n) is 4.45. The number of benzene rings is 1. The van der Waals surface area contributed by atoms with Crippen LogP contribution in [0.15, 0.2) is 35.1 Å². The lowest BCUT2D eigenvalue weighted by molar-refractivity contribution is -0.165. The molecule has 0 radical (unpaired) electrons. The van der Waals surface area contributed by atoms with E-state index in [1.807, 2.05) is 52.0 Å². The van der Waals surface area contributed by atoms with Crippen LogP contribution in [0.5, 0.6) is 0 Å². The van der Waals surface area contributed by atoms with Crippen molar-refractivity contribution in [3.05, 3.63) is 62.9 Å². The van der Waals surface area contributed by atoms with Gasteiger partial charge in [-0.3, -0.25) is 4.79 Å². The van der Waals surface area contributed by atoms with Gasteiger partial charge in [0, 0.05) is 16.5 Å². The Balaban J connectivity index is 0.00000112. The molecular formula is C25H28N2O4. The van der Waals surface area contributed by atoms with Crippen LogP contribution in [-0.4, -0.2) is 21.6 Å². The summed E-state index contributed by atoms with van der Waals surface area (Å²) in [5.41, 5.74) is 5.75. The molecular weight excluding hydrogens is 392 g/mol. The second-order valence-corrected chi connectivity index (χ2v) is 7.82. The van der Waals surface area contributed by atoms with Crippen LogP contribution < -0.4 is 5.56 Å². The van der Waals surface area contributed by atoms with Crippen molar-refractivity contribution in [3.8, 4) is 11.4 Å². The third-order valence-corrected chi connectivity index (χ3v) is 5.72. The molecule has 0 amide bonds. The van der Waals surface area contributed by atoms with Crippen LogP contribution in [0.4, 0.5) is 0 Å². The highest BCUT2D eigenvalue weighted by Gasteiger charge is 2.36. The maximum atomic E-state index is 13.3. The van der Waals surface area contributed by atoms with Crippen LogP contribution >= 0.6 is 0 Å². The summed E-state index contributed by atoms with van der Waals surface area (Å²) in [5, 5.41) is 1.12. The minimum atomic E-state index is -0.882. The van der Waals surface area contributed by atoms with E-state index < -0.39 is 12.1 Å². The molecule has 0 fully saturated rings. The van der Waals surface area contributed by atoms with Gasteiger partial charge in [-0.2, -0.15) is 0 Å². The number of nitrogens with zero attached hydrogens (tertiary/aromatic N) is 2. The highest BCUT2D eigenvalue weighted by Crippen LogP contribution is 2.38. The van der Waals surface area contributed by atoms with E-state index in [2.05, 4.69) is 13.0 Å². The van der Waals surface area contributed by atoms with Crippen LogP contribution in [0, 0.1) is 0 Å². The van der Waals surface area contributed by atoms with Crippen molar-refractivity contribution in [3.63, 3.8) is 0 Å². The van der Waals surface area contributed by atoms with Gasteiger partial charge in [0.15, 0.2) is 6.10 Å². The van der Waals surface area contributed by atoms with Crippen molar-refractivity contribution in [2.75, 3.05) is 0 Å². The molecule has 0 spiro atoms. The van der Waals surface area contributed by atoms with Crippen molar-refractivity contribution < 1.29 is 14.3 Å². The summed E-state index contributed by atoms with van der Waals surface area (Å²) in [6, 6.07) is 9.96. The van der Waals surface area contributed by atoms with Gasteiger partial charge in [0.2, 0.25) is 0 Å². The van der Waals surface area contributed by atoms with E-state index in [1.54, 1.807) is 4.57 Å². The lowest BCUT2D eigenvalue weighted by Crippen LogP contribution is -2.34. The predicted molar refractivity (Wildman–Crippen MR) is 120 cm³/mol. The Hall–Kier alpha value is -2.99. The Kier molecular flexibility index (Phi) is 5.67. The molecule has 4 heterocycles. The second kappa shape index (κ2) is 8.27. The molecule has 0 N–H and O–H groups in total. The maximum absolute atomic E-state index is 13.3. The number of aromatic nitrogens is 2. The van der Waals surface area contributed by atoms with Gasteiger partial charge in [0.1, 0.15) is 6.61 Å².